The number of carbonyl (C=O) groups is 2. The fourth-order valence-electron chi connectivity index (χ4n) is 4.58. The van der Waals surface area contributed by atoms with Crippen molar-refractivity contribution in [2.45, 2.75) is 175 Å². The maximum atomic E-state index is 12.9. The normalized spacial score (nSPS) is 11.5. The van der Waals surface area contributed by atoms with Crippen molar-refractivity contribution in [1.82, 2.24) is 0 Å². The van der Waals surface area contributed by atoms with Crippen molar-refractivity contribution in [2.75, 3.05) is 0 Å². The molecule has 0 aromatic rings. The van der Waals surface area contributed by atoms with Gasteiger partial charge in [-0.05, 0) is 19.8 Å². The van der Waals surface area contributed by atoms with Gasteiger partial charge in [0.1, 0.15) is 0 Å². The number of hydrogen-bond donors (Lipinski definition) is 0. The van der Waals surface area contributed by atoms with Crippen molar-refractivity contribution in [2.24, 2.45) is 5.41 Å². The molecular weight excluding hydrogens is 456 g/mol. The van der Waals surface area contributed by atoms with E-state index in [1.54, 1.807) is 6.92 Å². The lowest BCUT2D eigenvalue weighted by Gasteiger charge is -2.26. The van der Waals surface area contributed by atoms with Gasteiger partial charge in [0.15, 0.2) is 0 Å². The van der Waals surface area contributed by atoms with Gasteiger partial charge in [0, 0.05) is 6.42 Å². The molecule has 0 unspecified atom stereocenters. The summed E-state index contributed by atoms with van der Waals surface area (Å²) in [7, 11) is 0. The minimum atomic E-state index is -0.494. The van der Waals surface area contributed by atoms with Gasteiger partial charge in [-0.2, -0.15) is 0 Å². The van der Waals surface area contributed by atoms with Crippen molar-refractivity contribution in [1.29, 1.82) is 0 Å². The lowest BCUT2D eigenvalue weighted by atomic mass is 9.80. The second kappa shape index (κ2) is 25.0. The summed E-state index contributed by atoms with van der Waals surface area (Å²) in [6.45, 7) is 8.29. The first-order valence-corrected chi connectivity index (χ1v) is 15.7. The van der Waals surface area contributed by atoms with E-state index in [4.69, 9.17) is 8.37 Å². The number of unbranched alkanes of at least 4 members (excludes halogenated alkanes) is 18. The van der Waals surface area contributed by atoms with Gasteiger partial charge in [0.05, 0.1) is 5.41 Å². The largest absolute Gasteiger partial charge is 0.355 e. The zero-order chi connectivity index (χ0) is 26.0. The van der Waals surface area contributed by atoms with Crippen LogP contribution in [0.4, 0.5) is 0 Å². The number of carbonyl (C=O) groups excluding carboxylic acids is 2. The average Bonchev–Trinajstić information content (AvgIpc) is 2.86. The molecule has 0 spiro atoms. The summed E-state index contributed by atoms with van der Waals surface area (Å²) < 4.78 is 10.2. The predicted molar refractivity (Wildman–Crippen MR) is 151 cm³/mol. The molecule has 0 fully saturated rings. The van der Waals surface area contributed by atoms with Crippen LogP contribution >= 0.6 is 12.3 Å². The molecule has 0 radical (unpaired) electrons. The summed E-state index contributed by atoms with van der Waals surface area (Å²) in [4.78, 5) is 24.2. The van der Waals surface area contributed by atoms with Gasteiger partial charge in [0.2, 0.25) is 0 Å². The molecule has 0 heterocycles. The average molecular weight is 515 g/mol. The van der Waals surface area contributed by atoms with Crippen LogP contribution in [0.25, 0.3) is 0 Å². The van der Waals surface area contributed by atoms with Gasteiger partial charge in [0.25, 0.3) is 12.3 Å². The first-order valence-electron chi connectivity index (χ1n) is 15.1. The van der Waals surface area contributed by atoms with E-state index in [9.17, 15) is 9.59 Å². The van der Waals surface area contributed by atoms with Gasteiger partial charge in [-0.1, -0.05) is 149 Å². The van der Waals surface area contributed by atoms with Gasteiger partial charge in [-0.15, -0.1) is 0 Å². The standard InChI is InChI=1S/C30H58O4S/c1-5-8-10-12-14-16-18-20-22-24-26-30(4,29(32)34-35-33-28(31)7-3)27-25-23-21-19-17-15-13-11-9-6-2/h5-27H2,1-4H3. The maximum absolute atomic E-state index is 12.9. The van der Waals surface area contributed by atoms with Crippen LogP contribution in [0.5, 0.6) is 0 Å². The highest BCUT2D eigenvalue weighted by atomic mass is 32.2. The predicted octanol–water partition coefficient (Wildman–Crippen LogP) is 10.7. The molecule has 0 aromatic heterocycles. The second-order valence-electron chi connectivity index (χ2n) is 10.7. The third-order valence-electron chi connectivity index (χ3n) is 7.18. The van der Waals surface area contributed by atoms with Gasteiger partial charge >= 0.3 is 11.9 Å². The van der Waals surface area contributed by atoms with Crippen LogP contribution in [0, 0.1) is 5.41 Å². The lowest BCUT2D eigenvalue weighted by Crippen LogP contribution is -2.29. The molecule has 0 amide bonds. The maximum Gasteiger partial charge on any atom is 0.326 e. The minimum absolute atomic E-state index is 0.238. The Kier molecular flexibility index (Phi) is 24.5. The molecule has 35 heavy (non-hydrogen) atoms. The molecule has 0 rings (SSSR count). The Labute approximate surface area is 222 Å². The topological polar surface area (TPSA) is 52.6 Å². The lowest BCUT2D eigenvalue weighted by molar-refractivity contribution is -0.145. The van der Waals surface area contributed by atoms with E-state index in [-0.39, 0.29) is 18.4 Å². The highest BCUT2D eigenvalue weighted by Gasteiger charge is 2.34. The molecular formula is C30H58O4S. The molecule has 0 aliphatic carbocycles. The zero-order valence-electron chi connectivity index (χ0n) is 23.8. The Balaban J connectivity index is 4.24. The third kappa shape index (κ3) is 21.1. The van der Waals surface area contributed by atoms with Gasteiger partial charge in [-0.25, -0.2) is 0 Å². The fourth-order valence-corrected chi connectivity index (χ4v) is 5.07. The minimum Gasteiger partial charge on any atom is -0.355 e. The molecule has 0 saturated heterocycles. The SMILES string of the molecule is CCCCCCCCCCCCC(C)(CCCCCCCCCCCC)C(=O)OSOC(=O)CC. The molecule has 4 nitrogen and oxygen atoms in total. The van der Waals surface area contributed by atoms with Crippen LogP contribution < -0.4 is 0 Å². The Morgan fingerprint density at radius 3 is 1.23 bits per heavy atom. The summed E-state index contributed by atoms with van der Waals surface area (Å²) in [5.74, 6) is -0.604. The summed E-state index contributed by atoms with van der Waals surface area (Å²) in [5.41, 5.74) is -0.494. The van der Waals surface area contributed by atoms with Crippen molar-refractivity contribution in [3.05, 3.63) is 0 Å². The fraction of sp³-hybridized carbons (Fsp3) is 0.933. The smallest absolute Gasteiger partial charge is 0.326 e. The Hall–Kier alpha value is -0.710. The van der Waals surface area contributed by atoms with Crippen molar-refractivity contribution >= 4 is 24.3 Å². The van der Waals surface area contributed by atoms with E-state index in [1.165, 1.54) is 116 Å². The number of rotatable bonds is 26. The summed E-state index contributed by atoms with van der Waals surface area (Å²) >= 11 is 0.538. The van der Waals surface area contributed by atoms with Crippen LogP contribution in [0.3, 0.4) is 0 Å². The molecule has 5 heteroatoms. The summed E-state index contributed by atoms with van der Waals surface area (Å²) in [5, 5.41) is 0. The molecule has 0 bridgehead atoms. The first kappa shape index (κ1) is 34.3. The van der Waals surface area contributed by atoms with E-state index in [2.05, 4.69) is 13.8 Å². The third-order valence-corrected chi connectivity index (χ3v) is 7.66. The highest BCUT2D eigenvalue weighted by Crippen LogP contribution is 2.34. The zero-order valence-corrected chi connectivity index (χ0v) is 24.6. The summed E-state index contributed by atoms with van der Waals surface area (Å²) in [6.07, 6.45) is 27.8. The van der Waals surface area contributed by atoms with Crippen molar-refractivity contribution in [3.8, 4) is 0 Å². The Morgan fingerprint density at radius 2 is 0.886 bits per heavy atom. The van der Waals surface area contributed by atoms with Gasteiger partial charge in [-0.3, -0.25) is 9.59 Å². The molecule has 0 aliphatic rings. The van der Waals surface area contributed by atoms with E-state index >= 15 is 0 Å². The number of hydrogen-bond acceptors (Lipinski definition) is 5. The second-order valence-corrected chi connectivity index (χ2v) is 11.1. The molecule has 0 aromatic carbocycles. The molecule has 0 N–H and O–H groups in total. The van der Waals surface area contributed by atoms with Crippen molar-refractivity contribution < 1.29 is 18.0 Å². The van der Waals surface area contributed by atoms with E-state index < -0.39 is 5.41 Å². The van der Waals surface area contributed by atoms with E-state index in [0.29, 0.717) is 12.3 Å². The van der Waals surface area contributed by atoms with E-state index in [0.717, 1.165) is 25.7 Å². The van der Waals surface area contributed by atoms with Crippen LogP contribution in [0.2, 0.25) is 0 Å². The highest BCUT2D eigenvalue weighted by molar-refractivity contribution is 7.90. The molecule has 0 atom stereocenters. The van der Waals surface area contributed by atoms with Crippen LogP contribution in [-0.2, 0) is 18.0 Å². The quantitative estimate of drug-likeness (QED) is 0.0848. The van der Waals surface area contributed by atoms with Gasteiger partial charge < -0.3 is 8.37 Å². The molecule has 0 saturated carbocycles. The van der Waals surface area contributed by atoms with E-state index in [1.807, 2.05) is 6.92 Å². The Morgan fingerprint density at radius 1 is 0.543 bits per heavy atom. The van der Waals surface area contributed by atoms with Crippen molar-refractivity contribution in [3.63, 3.8) is 0 Å². The monoisotopic (exact) mass is 514 g/mol. The Bertz CT molecular complexity index is 471. The first-order chi connectivity index (χ1) is 17.0. The van der Waals surface area contributed by atoms with Crippen LogP contribution in [0.1, 0.15) is 175 Å². The molecule has 208 valence electrons. The summed E-state index contributed by atoms with van der Waals surface area (Å²) in [6, 6.07) is 0. The van der Waals surface area contributed by atoms with Crippen LogP contribution in [-0.4, -0.2) is 11.9 Å². The molecule has 0 aliphatic heterocycles. The van der Waals surface area contributed by atoms with Crippen LogP contribution in [0.15, 0.2) is 0 Å².